The Balaban J connectivity index is 0. The molecule has 1 heterocycles. The van der Waals surface area contributed by atoms with Crippen molar-refractivity contribution in [3.8, 4) is 0 Å². The molecular weight excluding hydrogens is 123 g/mol. The summed E-state index contributed by atoms with van der Waals surface area (Å²) in [6.07, 6.45) is 0. The fraction of sp³-hybridized carbons (Fsp3) is 0. The summed E-state index contributed by atoms with van der Waals surface area (Å²) in [5, 5.41) is 10.2. The number of tetrazole rings is 1. The minimum Gasteiger partial charge on any atom is -1.00 e. The zero-order valence-corrected chi connectivity index (χ0v) is 6.93. The van der Waals surface area contributed by atoms with Crippen LogP contribution in [-0.2, 0) is 0 Å². The van der Waals surface area contributed by atoms with Crippen LogP contribution in [0.2, 0.25) is 0 Å². The SMILES string of the molecule is O=c1[nH]nn[nH]1.[H-].[K+]. The number of hydrogen-bond donors (Lipinski definition) is 2. The Morgan fingerprint density at radius 3 is 2.00 bits per heavy atom. The molecule has 0 aliphatic rings. The van der Waals surface area contributed by atoms with E-state index in [1.807, 2.05) is 10.2 Å². The quantitative estimate of drug-likeness (QED) is 0.345. The predicted octanol–water partition coefficient (Wildman–Crippen LogP) is -4.39. The number of aromatic amines is 2. The van der Waals surface area contributed by atoms with Gasteiger partial charge in [0.05, 0.1) is 0 Å². The van der Waals surface area contributed by atoms with Gasteiger partial charge in [-0.05, 0) is 10.4 Å². The Labute approximate surface area is 82.8 Å². The van der Waals surface area contributed by atoms with Crippen molar-refractivity contribution in [1.82, 2.24) is 20.6 Å². The molecule has 0 fully saturated rings. The van der Waals surface area contributed by atoms with Gasteiger partial charge in [0.15, 0.2) is 0 Å². The van der Waals surface area contributed by atoms with Gasteiger partial charge in [0.25, 0.3) is 0 Å². The second-order valence-electron chi connectivity index (χ2n) is 0.753. The van der Waals surface area contributed by atoms with Gasteiger partial charge in [-0.1, -0.05) is 0 Å². The summed E-state index contributed by atoms with van der Waals surface area (Å²) in [6.45, 7) is 0. The van der Waals surface area contributed by atoms with Gasteiger partial charge in [-0.3, -0.25) is 0 Å². The van der Waals surface area contributed by atoms with Crippen LogP contribution >= 0.6 is 0 Å². The van der Waals surface area contributed by atoms with E-state index >= 15 is 0 Å². The number of rotatable bonds is 0. The van der Waals surface area contributed by atoms with Crippen LogP contribution in [-0.4, -0.2) is 20.6 Å². The predicted molar refractivity (Wildman–Crippen MR) is 18.1 cm³/mol. The van der Waals surface area contributed by atoms with Crippen molar-refractivity contribution >= 4 is 0 Å². The number of nitrogens with one attached hydrogen (secondary N) is 2. The van der Waals surface area contributed by atoms with Gasteiger partial charge in [0.2, 0.25) is 0 Å². The number of H-pyrrole nitrogens is 2. The number of nitrogens with zero attached hydrogens (tertiary/aromatic N) is 2. The third kappa shape index (κ3) is 2.34. The smallest absolute Gasteiger partial charge is 1.00 e. The summed E-state index contributed by atoms with van der Waals surface area (Å²) >= 11 is 0. The van der Waals surface area contributed by atoms with E-state index in [4.69, 9.17) is 0 Å². The van der Waals surface area contributed by atoms with Crippen LogP contribution in [0.25, 0.3) is 0 Å². The Morgan fingerprint density at radius 1 is 1.43 bits per heavy atom. The molecule has 1 aromatic rings. The third-order valence-corrected chi connectivity index (χ3v) is 0.353. The monoisotopic (exact) mass is 126 g/mol. The fourth-order valence-electron chi connectivity index (χ4n) is 0.166. The van der Waals surface area contributed by atoms with Crippen LogP contribution in [0.1, 0.15) is 1.43 Å². The normalized spacial score (nSPS) is 7.43. The molecule has 7 heavy (non-hydrogen) atoms. The van der Waals surface area contributed by atoms with Crippen LogP contribution in [0.5, 0.6) is 0 Å². The summed E-state index contributed by atoms with van der Waals surface area (Å²) in [4.78, 5) is 9.83. The molecule has 0 aliphatic heterocycles. The van der Waals surface area contributed by atoms with Gasteiger partial charge in [-0.15, -0.1) is 0 Å². The first-order valence-electron chi connectivity index (χ1n) is 1.35. The van der Waals surface area contributed by atoms with E-state index in [0.717, 1.165) is 0 Å². The second kappa shape index (κ2) is 3.50. The first-order valence-corrected chi connectivity index (χ1v) is 1.35. The molecule has 0 aliphatic carbocycles. The molecular formula is CH3KN4O. The molecule has 1 rings (SSSR count). The van der Waals surface area contributed by atoms with Crippen LogP contribution in [0, 0.1) is 0 Å². The molecule has 0 radical (unpaired) electrons. The molecule has 0 spiro atoms. The van der Waals surface area contributed by atoms with Crippen molar-refractivity contribution in [1.29, 1.82) is 0 Å². The molecule has 1 aromatic heterocycles. The van der Waals surface area contributed by atoms with Crippen molar-refractivity contribution in [2.24, 2.45) is 0 Å². The van der Waals surface area contributed by atoms with Crippen LogP contribution in [0.15, 0.2) is 4.79 Å². The molecule has 6 heteroatoms. The molecule has 2 N–H and O–H groups in total. The van der Waals surface area contributed by atoms with Crippen molar-refractivity contribution in [2.75, 3.05) is 0 Å². The molecule has 0 atom stereocenters. The topological polar surface area (TPSA) is 74.4 Å². The molecule has 5 nitrogen and oxygen atoms in total. The average Bonchev–Trinajstić information content (AvgIpc) is 1.86. The summed E-state index contributed by atoms with van der Waals surface area (Å²) in [6, 6.07) is 0. The average molecular weight is 126 g/mol. The van der Waals surface area contributed by atoms with Crippen molar-refractivity contribution in [3.63, 3.8) is 0 Å². The standard InChI is InChI=1S/CH2N4O.K.H/c6-1-2-4-5-3-1;;/h(H2,2,3,4,5,6);;/q;+1;-1. The fourth-order valence-corrected chi connectivity index (χ4v) is 0.166. The largest absolute Gasteiger partial charge is 1.00 e. The summed E-state index contributed by atoms with van der Waals surface area (Å²) in [5.74, 6) is 0. The zero-order chi connectivity index (χ0) is 4.41. The van der Waals surface area contributed by atoms with Gasteiger partial charge in [0, 0.05) is 0 Å². The van der Waals surface area contributed by atoms with Crippen LogP contribution in [0.4, 0.5) is 0 Å². The van der Waals surface area contributed by atoms with Crippen molar-refractivity contribution in [2.45, 2.75) is 0 Å². The minimum absolute atomic E-state index is 0. The van der Waals surface area contributed by atoms with E-state index < -0.39 is 0 Å². The van der Waals surface area contributed by atoms with E-state index in [0.29, 0.717) is 0 Å². The van der Waals surface area contributed by atoms with Gasteiger partial charge in [-0.2, -0.15) is 0 Å². The van der Waals surface area contributed by atoms with Crippen LogP contribution < -0.4 is 57.1 Å². The molecule has 0 amide bonds. The molecule has 0 saturated heterocycles. The zero-order valence-electron chi connectivity index (χ0n) is 4.80. The molecule has 0 saturated carbocycles. The first kappa shape index (κ1) is 7.51. The van der Waals surface area contributed by atoms with Gasteiger partial charge in [0.1, 0.15) is 0 Å². The molecule has 0 unspecified atom stereocenters. The van der Waals surface area contributed by atoms with E-state index in [1.54, 1.807) is 0 Å². The van der Waals surface area contributed by atoms with E-state index in [-0.39, 0.29) is 58.5 Å². The van der Waals surface area contributed by atoms with Gasteiger partial charge < -0.3 is 1.43 Å². The maximum absolute atomic E-state index is 9.83. The summed E-state index contributed by atoms with van der Waals surface area (Å²) in [5.41, 5.74) is -0.380. The summed E-state index contributed by atoms with van der Waals surface area (Å²) in [7, 11) is 0. The minimum atomic E-state index is -0.380. The Hall–Kier alpha value is 0.506. The van der Waals surface area contributed by atoms with E-state index in [2.05, 4.69) is 10.4 Å². The summed E-state index contributed by atoms with van der Waals surface area (Å²) < 4.78 is 0. The third-order valence-electron chi connectivity index (χ3n) is 0.353. The molecule has 0 aromatic carbocycles. The van der Waals surface area contributed by atoms with E-state index in [9.17, 15) is 4.79 Å². The Bertz CT molecular complexity index is 154. The second-order valence-corrected chi connectivity index (χ2v) is 0.753. The first-order chi connectivity index (χ1) is 2.89. The number of aromatic nitrogens is 4. The van der Waals surface area contributed by atoms with Crippen molar-refractivity contribution in [3.05, 3.63) is 10.5 Å². The molecule has 34 valence electrons. The maximum Gasteiger partial charge on any atom is 1.00 e. The van der Waals surface area contributed by atoms with Gasteiger partial charge in [-0.25, -0.2) is 15.0 Å². The van der Waals surface area contributed by atoms with Crippen molar-refractivity contribution < 1.29 is 52.8 Å². The maximum atomic E-state index is 9.83. The van der Waals surface area contributed by atoms with Gasteiger partial charge >= 0.3 is 57.1 Å². The number of hydrogen-bond acceptors (Lipinski definition) is 3. The Morgan fingerprint density at radius 2 is 1.86 bits per heavy atom. The Kier molecular flexibility index (Phi) is 3.75. The molecule has 0 bridgehead atoms. The van der Waals surface area contributed by atoms with Crippen LogP contribution in [0.3, 0.4) is 0 Å². The van der Waals surface area contributed by atoms with E-state index in [1.165, 1.54) is 0 Å².